The molecule has 1 saturated carbocycles. The van der Waals surface area contributed by atoms with Crippen molar-refractivity contribution >= 4 is 54.6 Å². The van der Waals surface area contributed by atoms with Gasteiger partial charge < -0.3 is 20.5 Å². The van der Waals surface area contributed by atoms with E-state index in [-0.39, 0.29) is 0 Å². The molecule has 0 amide bonds. The molecule has 1 aliphatic rings. The summed E-state index contributed by atoms with van der Waals surface area (Å²) in [6.45, 7) is 2.55. The number of nitrogens with one attached hydrogen (secondary N) is 3. The number of hydrogen-bond acceptors (Lipinski definition) is 8. The average molecular weight is 677 g/mol. The molecule has 230 valence electrons. The number of aliphatic carboxylic acids is 1. The second-order valence-electron chi connectivity index (χ2n) is 9.71. The van der Waals surface area contributed by atoms with Gasteiger partial charge in [0.15, 0.2) is 0 Å². The van der Waals surface area contributed by atoms with E-state index >= 15 is 0 Å². The van der Waals surface area contributed by atoms with E-state index in [1.54, 1.807) is 31.4 Å². The maximum absolute atomic E-state index is 12.6. The third-order valence-corrected chi connectivity index (χ3v) is 8.61. The number of methoxy groups -OCH3 is 1. The molecule has 2 aromatic carbocycles. The van der Waals surface area contributed by atoms with Crippen LogP contribution >= 0.6 is 15.9 Å². The zero-order valence-electron chi connectivity index (χ0n) is 22.8. The number of ether oxygens (including phenoxy) is 1. The Hall–Kier alpha value is -3.01. The minimum atomic E-state index is -5.08. The van der Waals surface area contributed by atoms with Crippen LogP contribution in [0.4, 0.5) is 24.9 Å². The number of nitrogens with zero attached hydrogens (tertiary/aromatic N) is 2. The van der Waals surface area contributed by atoms with E-state index in [4.69, 9.17) is 19.6 Å². The van der Waals surface area contributed by atoms with Gasteiger partial charge in [0.2, 0.25) is 16.0 Å². The van der Waals surface area contributed by atoms with Gasteiger partial charge in [0.1, 0.15) is 5.82 Å². The number of sulfonamides is 1. The Morgan fingerprint density at radius 2 is 1.60 bits per heavy atom. The van der Waals surface area contributed by atoms with E-state index in [1.165, 1.54) is 0 Å². The SMILES string of the molecule is COCCNc1nc(NCC2CCC(CNS(=O)(=O)c3ccc(Br)cc3)CC2)nc2ccccc12.O=C(O)C(F)(F)F. The Morgan fingerprint density at radius 1 is 1.00 bits per heavy atom. The molecule has 0 spiro atoms. The second kappa shape index (κ2) is 15.5. The summed E-state index contributed by atoms with van der Waals surface area (Å²) in [5, 5.41) is 14.9. The zero-order chi connectivity index (χ0) is 30.8. The number of halogens is 4. The predicted molar refractivity (Wildman–Crippen MR) is 157 cm³/mol. The molecule has 4 N–H and O–H groups in total. The Bertz CT molecular complexity index is 1420. The molecular weight excluding hydrogens is 643 g/mol. The molecule has 10 nitrogen and oxygen atoms in total. The quantitative estimate of drug-likeness (QED) is 0.200. The molecule has 0 bridgehead atoms. The first-order chi connectivity index (χ1) is 19.9. The summed E-state index contributed by atoms with van der Waals surface area (Å²) in [7, 11) is -1.80. The van der Waals surface area contributed by atoms with Crippen LogP contribution in [0.5, 0.6) is 0 Å². The molecule has 3 aromatic rings. The molecule has 1 aliphatic carbocycles. The smallest absolute Gasteiger partial charge is 0.475 e. The first kappa shape index (κ1) is 33.5. The summed E-state index contributed by atoms with van der Waals surface area (Å²) in [6.07, 6.45) is -0.996. The van der Waals surface area contributed by atoms with Crippen LogP contribution < -0.4 is 15.4 Å². The molecule has 0 unspecified atom stereocenters. The Kier molecular flexibility index (Phi) is 12.3. The lowest BCUT2D eigenvalue weighted by Crippen LogP contribution is -2.32. The van der Waals surface area contributed by atoms with Crippen LogP contribution in [0.2, 0.25) is 0 Å². The summed E-state index contributed by atoms with van der Waals surface area (Å²) in [4.78, 5) is 18.6. The zero-order valence-corrected chi connectivity index (χ0v) is 25.2. The predicted octanol–water partition coefficient (Wildman–Crippen LogP) is 5.28. The van der Waals surface area contributed by atoms with Crippen LogP contribution in [-0.2, 0) is 19.6 Å². The van der Waals surface area contributed by atoms with E-state index in [1.807, 2.05) is 24.3 Å². The molecule has 0 radical (unpaired) electrons. The standard InChI is InChI=1S/C25H32BrN5O3S.C2HF3O2/c1-34-15-14-27-24-22-4-2-3-5-23(22)30-25(31-24)28-16-18-6-8-19(9-7-18)17-29-35(32,33)21-12-10-20(26)11-13-21;3-2(4,5)1(6)7/h2-5,10-13,18-19,29H,6-9,14-17H2,1H3,(H2,27,28,30,31);(H,6,7). The van der Waals surface area contributed by atoms with E-state index in [9.17, 15) is 21.6 Å². The highest BCUT2D eigenvalue weighted by atomic mass is 79.9. The third-order valence-electron chi connectivity index (χ3n) is 6.65. The molecule has 1 heterocycles. The highest BCUT2D eigenvalue weighted by molar-refractivity contribution is 9.10. The van der Waals surface area contributed by atoms with Crippen LogP contribution in [0.15, 0.2) is 57.9 Å². The average Bonchev–Trinajstić information content (AvgIpc) is 2.96. The van der Waals surface area contributed by atoms with Gasteiger partial charge in [-0.05, 0) is 73.9 Å². The number of carboxylic acids is 1. The van der Waals surface area contributed by atoms with Crippen LogP contribution in [0, 0.1) is 11.8 Å². The van der Waals surface area contributed by atoms with Crippen molar-refractivity contribution in [3.05, 3.63) is 53.0 Å². The minimum Gasteiger partial charge on any atom is -0.475 e. The highest BCUT2D eigenvalue weighted by Gasteiger charge is 2.38. The largest absolute Gasteiger partial charge is 0.490 e. The van der Waals surface area contributed by atoms with Crippen molar-refractivity contribution in [3.63, 3.8) is 0 Å². The lowest BCUT2D eigenvalue weighted by atomic mass is 9.82. The van der Waals surface area contributed by atoms with Gasteiger partial charge in [-0.15, -0.1) is 0 Å². The van der Waals surface area contributed by atoms with Crippen LogP contribution in [0.25, 0.3) is 10.9 Å². The summed E-state index contributed by atoms with van der Waals surface area (Å²) < 4.78 is 65.6. The van der Waals surface area contributed by atoms with E-state index in [0.717, 1.165) is 53.4 Å². The topological polar surface area (TPSA) is 143 Å². The third kappa shape index (κ3) is 10.4. The molecule has 0 atom stereocenters. The van der Waals surface area contributed by atoms with Crippen LogP contribution in [0.3, 0.4) is 0 Å². The fourth-order valence-electron chi connectivity index (χ4n) is 4.36. The summed E-state index contributed by atoms with van der Waals surface area (Å²) >= 11 is 3.34. The number of anilines is 2. The van der Waals surface area contributed by atoms with Gasteiger partial charge in [0.25, 0.3) is 0 Å². The van der Waals surface area contributed by atoms with Crippen LogP contribution in [-0.4, -0.2) is 69.0 Å². The van der Waals surface area contributed by atoms with Crippen molar-refractivity contribution in [3.8, 4) is 0 Å². The molecule has 1 aromatic heterocycles. The lowest BCUT2D eigenvalue weighted by molar-refractivity contribution is -0.192. The van der Waals surface area contributed by atoms with Crippen molar-refractivity contribution in [2.24, 2.45) is 11.8 Å². The molecular formula is C27H33BrF3N5O5S. The molecule has 0 saturated heterocycles. The number of carbonyl (C=O) groups is 1. The van der Waals surface area contributed by atoms with Crippen molar-refractivity contribution in [2.45, 2.75) is 36.8 Å². The number of para-hydroxylation sites is 1. The van der Waals surface area contributed by atoms with Crippen molar-refractivity contribution in [1.82, 2.24) is 14.7 Å². The van der Waals surface area contributed by atoms with E-state index in [0.29, 0.717) is 42.4 Å². The van der Waals surface area contributed by atoms with Gasteiger partial charge in [-0.1, -0.05) is 28.1 Å². The lowest BCUT2D eigenvalue weighted by Gasteiger charge is -2.28. The molecule has 4 rings (SSSR count). The maximum atomic E-state index is 12.6. The van der Waals surface area contributed by atoms with Gasteiger partial charge in [0, 0.05) is 36.6 Å². The molecule has 1 fully saturated rings. The van der Waals surface area contributed by atoms with Gasteiger partial charge in [-0.25, -0.2) is 22.9 Å². The first-order valence-electron chi connectivity index (χ1n) is 13.2. The van der Waals surface area contributed by atoms with Gasteiger partial charge in [-0.3, -0.25) is 0 Å². The number of alkyl halides is 3. The fourth-order valence-corrected chi connectivity index (χ4v) is 5.74. The van der Waals surface area contributed by atoms with Gasteiger partial charge in [-0.2, -0.15) is 18.2 Å². The molecule has 42 heavy (non-hydrogen) atoms. The maximum Gasteiger partial charge on any atom is 0.490 e. The van der Waals surface area contributed by atoms with Crippen LogP contribution in [0.1, 0.15) is 25.7 Å². The summed E-state index contributed by atoms with van der Waals surface area (Å²) in [5.41, 5.74) is 0.895. The Labute approximate surface area is 250 Å². The Morgan fingerprint density at radius 3 is 2.19 bits per heavy atom. The number of hydrogen-bond donors (Lipinski definition) is 4. The number of fused-ring (bicyclic) bond motifs is 1. The second-order valence-corrected chi connectivity index (χ2v) is 12.4. The minimum absolute atomic E-state index is 0.296. The number of aromatic nitrogens is 2. The highest BCUT2D eigenvalue weighted by Crippen LogP contribution is 2.29. The van der Waals surface area contributed by atoms with Crippen molar-refractivity contribution < 1.29 is 36.2 Å². The van der Waals surface area contributed by atoms with Gasteiger partial charge >= 0.3 is 12.1 Å². The summed E-state index contributed by atoms with van der Waals surface area (Å²) in [6, 6.07) is 14.7. The number of rotatable bonds is 11. The van der Waals surface area contributed by atoms with Crippen molar-refractivity contribution in [2.75, 3.05) is 44.0 Å². The van der Waals surface area contributed by atoms with Crippen molar-refractivity contribution in [1.29, 1.82) is 0 Å². The molecule has 15 heteroatoms. The fraction of sp³-hybridized carbons (Fsp3) is 0.444. The molecule has 0 aliphatic heterocycles. The van der Waals surface area contributed by atoms with Gasteiger partial charge in [0.05, 0.1) is 17.0 Å². The number of carboxylic acid groups (broad SMARTS) is 1. The number of benzene rings is 2. The van der Waals surface area contributed by atoms with E-state index in [2.05, 4.69) is 36.3 Å². The first-order valence-corrected chi connectivity index (χ1v) is 15.5. The monoisotopic (exact) mass is 675 g/mol. The Balaban J connectivity index is 0.000000616. The normalized spacial score (nSPS) is 17.3. The summed E-state index contributed by atoms with van der Waals surface area (Å²) in [5.74, 6) is -0.475. The van der Waals surface area contributed by atoms with E-state index < -0.39 is 22.2 Å².